The molecular formula is C15H12F2N2O2S2. The summed E-state index contributed by atoms with van der Waals surface area (Å²) in [6.45, 7) is -0.205. The molecule has 120 valence electrons. The maximum absolute atomic E-state index is 14.4. The zero-order valence-electron chi connectivity index (χ0n) is 11.7. The molecule has 3 aromatic rings. The molecule has 8 heteroatoms. The molecule has 0 saturated heterocycles. The number of nitrogens with zero attached hydrogens (tertiary/aromatic N) is 1. The molecule has 0 spiro atoms. The van der Waals surface area contributed by atoms with E-state index in [4.69, 9.17) is 0 Å². The van der Waals surface area contributed by atoms with Crippen molar-refractivity contribution >= 4 is 31.6 Å². The Hall–Kier alpha value is -1.90. The van der Waals surface area contributed by atoms with Crippen LogP contribution in [0.15, 0.2) is 54.6 Å². The van der Waals surface area contributed by atoms with Crippen LogP contribution >= 0.6 is 11.3 Å². The van der Waals surface area contributed by atoms with Crippen molar-refractivity contribution in [3.63, 3.8) is 0 Å². The highest BCUT2D eigenvalue weighted by molar-refractivity contribution is 7.90. The van der Waals surface area contributed by atoms with Crippen LogP contribution in [0.25, 0.3) is 10.2 Å². The van der Waals surface area contributed by atoms with Gasteiger partial charge in [0, 0.05) is 6.54 Å². The lowest BCUT2D eigenvalue weighted by Crippen LogP contribution is -2.37. The van der Waals surface area contributed by atoms with E-state index in [9.17, 15) is 17.2 Å². The van der Waals surface area contributed by atoms with Crippen LogP contribution in [0.4, 0.5) is 8.78 Å². The molecule has 2 aromatic carbocycles. The number of nitrogens with one attached hydrogen (secondary N) is 1. The molecule has 3 rings (SSSR count). The minimum Gasteiger partial charge on any atom is -0.234 e. The number of fused-ring (bicyclic) bond motifs is 1. The largest absolute Gasteiger partial charge is 0.409 e. The third kappa shape index (κ3) is 3.10. The molecule has 23 heavy (non-hydrogen) atoms. The van der Waals surface area contributed by atoms with E-state index in [1.54, 1.807) is 54.6 Å². The maximum Gasteiger partial charge on any atom is 0.409 e. The van der Waals surface area contributed by atoms with Gasteiger partial charge in [0.05, 0.1) is 10.2 Å². The second-order valence-corrected chi connectivity index (χ2v) is 7.65. The number of sulfonamides is 1. The fourth-order valence-corrected chi connectivity index (χ4v) is 4.08. The van der Waals surface area contributed by atoms with Crippen LogP contribution < -0.4 is 4.72 Å². The molecule has 0 aliphatic rings. The molecule has 1 N–H and O–H groups in total. The second kappa shape index (κ2) is 5.95. The van der Waals surface area contributed by atoms with Gasteiger partial charge in [-0.05, 0) is 17.7 Å². The summed E-state index contributed by atoms with van der Waals surface area (Å²) in [4.78, 5) is 3.76. The molecule has 0 radical (unpaired) electrons. The van der Waals surface area contributed by atoms with Gasteiger partial charge in [-0.25, -0.2) is 18.1 Å². The first kappa shape index (κ1) is 16.0. The number of thiazole rings is 1. The van der Waals surface area contributed by atoms with Crippen LogP contribution in [-0.4, -0.2) is 13.4 Å². The SMILES string of the molecule is O=S(=O)(NCc1ccccc1)C(F)(F)c1nc2ccccc2s1. The number of hydrogen-bond acceptors (Lipinski definition) is 4. The number of halogens is 2. The predicted octanol–water partition coefficient (Wildman–Crippen LogP) is 3.47. The second-order valence-electron chi connectivity index (χ2n) is 4.81. The molecule has 0 atom stereocenters. The summed E-state index contributed by atoms with van der Waals surface area (Å²) in [5, 5.41) is -4.83. The zero-order valence-corrected chi connectivity index (χ0v) is 13.4. The summed E-state index contributed by atoms with van der Waals surface area (Å²) < 4.78 is 55.2. The minimum atomic E-state index is -4.89. The smallest absolute Gasteiger partial charge is 0.234 e. The first-order valence-electron chi connectivity index (χ1n) is 6.67. The van der Waals surface area contributed by atoms with Crippen molar-refractivity contribution in [2.45, 2.75) is 11.8 Å². The Morgan fingerprint density at radius 2 is 1.70 bits per heavy atom. The summed E-state index contributed by atoms with van der Waals surface area (Å²) in [6.07, 6.45) is 0. The molecule has 0 amide bonds. The highest BCUT2D eigenvalue weighted by Gasteiger charge is 2.49. The van der Waals surface area contributed by atoms with Crippen molar-refractivity contribution < 1.29 is 17.2 Å². The molecule has 0 bridgehead atoms. The Morgan fingerprint density at radius 3 is 2.39 bits per heavy atom. The number of benzene rings is 2. The number of rotatable bonds is 5. The first-order valence-corrected chi connectivity index (χ1v) is 8.97. The van der Waals surface area contributed by atoms with Crippen LogP contribution in [0, 0.1) is 0 Å². The standard InChI is InChI=1S/C15H12F2N2O2S2/c16-15(17,14-19-12-8-4-5-9-13(12)22-14)23(20,21)18-10-11-6-2-1-3-7-11/h1-9,18H,10H2. The van der Waals surface area contributed by atoms with Crippen molar-refractivity contribution in [1.29, 1.82) is 0 Å². The van der Waals surface area contributed by atoms with Gasteiger partial charge in [0.15, 0.2) is 5.01 Å². The van der Waals surface area contributed by atoms with E-state index >= 15 is 0 Å². The molecular weight excluding hydrogens is 342 g/mol. The predicted molar refractivity (Wildman–Crippen MR) is 85.7 cm³/mol. The Bertz CT molecular complexity index is 892. The molecule has 0 aliphatic carbocycles. The lowest BCUT2D eigenvalue weighted by Gasteiger charge is -2.15. The highest BCUT2D eigenvalue weighted by Crippen LogP contribution is 2.38. The van der Waals surface area contributed by atoms with Gasteiger partial charge in [-0.2, -0.15) is 8.78 Å². The summed E-state index contributed by atoms with van der Waals surface area (Å²) in [5.74, 6) is 0. The summed E-state index contributed by atoms with van der Waals surface area (Å²) in [7, 11) is -4.89. The number of hydrogen-bond donors (Lipinski definition) is 1. The molecule has 0 aliphatic heterocycles. The Labute approximate surface area is 135 Å². The molecule has 4 nitrogen and oxygen atoms in total. The van der Waals surface area contributed by atoms with Gasteiger partial charge in [0.1, 0.15) is 0 Å². The van der Waals surface area contributed by atoms with Crippen molar-refractivity contribution in [2.24, 2.45) is 0 Å². The summed E-state index contributed by atoms with van der Waals surface area (Å²) in [6, 6.07) is 15.0. The van der Waals surface area contributed by atoms with Gasteiger partial charge in [-0.3, -0.25) is 0 Å². The van der Waals surface area contributed by atoms with E-state index in [0.29, 0.717) is 27.1 Å². The average Bonchev–Trinajstić information content (AvgIpc) is 2.98. The summed E-state index contributed by atoms with van der Waals surface area (Å²) >= 11 is 0.672. The molecule has 0 saturated carbocycles. The maximum atomic E-state index is 14.4. The third-order valence-electron chi connectivity index (χ3n) is 3.19. The molecule has 1 aromatic heterocycles. The Morgan fingerprint density at radius 1 is 1.04 bits per heavy atom. The van der Waals surface area contributed by atoms with Crippen molar-refractivity contribution in [3.05, 3.63) is 65.2 Å². The van der Waals surface area contributed by atoms with Gasteiger partial charge >= 0.3 is 5.25 Å². The van der Waals surface area contributed by atoms with E-state index in [0.717, 1.165) is 0 Å². The lowest BCUT2D eigenvalue weighted by molar-refractivity contribution is 0.0886. The van der Waals surface area contributed by atoms with E-state index in [1.165, 1.54) is 0 Å². The molecule has 0 fully saturated rings. The van der Waals surface area contributed by atoms with E-state index < -0.39 is 20.3 Å². The number of aromatic nitrogens is 1. The average molecular weight is 354 g/mol. The van der Waals surface area contributed by atoms with Crippen molar-refractivity contribution in [3.8, 4) is 0 Å². The van der Waals surface area contributed by atoms with Crippen molar-refractivity contribution in [2.75, 3.05) is 0 Å². The summed E-state index contributed by atoms with van der Waals surface area (Å²) in [5.41, 5.74) is 0.946. The van der Waals surface area contributed by atoms with Gasteiger partial charge in [0.25, 0.3) is 10.0 Å². The van der Waals surface area contributed by atoms with Gasteiger partial charge < -0.3 is 0 Å². The number of alkyl halides is 2. The normalized spacial score (nSPS) is 12.6. The van der Waals surface area contributed by atoms with Crippen LogP contribution in [-0.2, 0) is 21.8 Å². The van der Waals surface area contributed by atoms with Crippen LogP contribution in [0.3, 0.4) is 0 Å². The minimum absolute atomic E-state index is 0.205. The molecule has 1 heterocycles. The van der Waals surface area contributed by atoms with Gasteiger partial charge in [-0.15, -0.1) is 11.3 Å². The lowest BCUT2D eigenvalue weighted by atomic mass is 10.2. The van der Waals surface area contributed by atoms with Gasteiger partial charge in [0.2, 0.25) is 0 Å². The van der Waals surface area contributed by atoms with Crippen molar-refractivity contribution in [1.82, 2.24) is 9.71 Å². The first-order chi connectivity index (χ1) is 10.9. The van der Waals surface area contributed by atoms with Crippen LogP contribution in [0.5, 0.6) is 0 Å². The number of para-hydroxylation sites is 1. The van der Waals surface area contributed by atoms with Gasteiger partial charge in [-0.1, -0.05) is 42.5 Å². The monoisotopic (exact) mass is 354 g/mol. The Kier molecular flexibility index (Phi) is 4.13. The fraction of sp³-hybridized carbons (Fsp3) is 0.133. The zero-order chi connectivity index (χ0) is 16.5. The fourth-order valence-electron chi connectivity index (χ4n) is 1.98. The van der Waals surface area contributed by atoms with Crippen LogP contribution in [0.2, 0.25) is 0 Å². The van der Waals surface area contributed by atoms with Crippen LogP contribution in [0.1, 0.15) is 10.6 Å². The molecule has 0 unspecified atom stereocenters. The topological polar surface area (TPSA) is 59.1 Å². The van der Waals surface area contributed by atoms with E-state index in [1.807, 2.05) is 4.72 Å². The third-order valence-corrected chi connectivity index (χ3v) is 5.82. The van der Waals surface area contributed by atoms with E-state index in [2.05, 4.69) is 4.98 Å². The quantitative estimate of drug-likeness (QED) is 0.763. The van der Waals surface area contributed by atoms with E-state index in [-0.39, 0.29) is 6.54 Å². The Balaban J connectivity index is 1.87. The highest BCUT2D eigenvalue weighted by atomic mass is 32.2.